The smallest absolute Gasteiger partial charge is 0.100 e. The number of nitrogens with zero attached hydrogens (tertiary/aromatic N) is 3. The number of pyridine rings is 1. The van der Waals surface area contributed by atoms with E-state index in [1.807, 2.05) is 12.4 Å². The lowest BCUT2D eigenvalue weighted by Crippen LogP contribution is -2.50. The summed E-state index contributed by atoms with van der Waals surface area (Å²) in [6, 6.07) is 12.7. The average molecular weight is 480 g/mol. The summed E-state index contributed by atoms with van der Waals surface area (Å²) in [6.45, 7) is 5.83. The summed E-state index contributed by atoms with van der Waals surface area (Å²) in [5, 5.41) is 0. The van der Waals surface area contributed by atoms with Gasteiger partial charge in [-0.1, -0.05) is 43.7 Å². The lowest BCUT2D eigenvalue weighted by Gasteiger charge is -2.57. The van der Waals surface area contributed by atoms with Crippen molar-refractivity contribution < 1.29 is 4.74 Å². The van der Waals surface area contributed by atoms with Crippen LogP contribution in [0.15, 0.2) is 72.8 Å². The van der Waals surface area contributed by atoms with Crippen LogP contribution >= 0.6 is 0 Å². The molecule has 4 aliphatic carbocycles. The Morgan fingerprint density at radius 1 is 0.944 bits per heavy atom. The number of allylic oxidation sites excluding steroid dienone is 3. The van der Waals surface area contributed by atoms with Gasteiger partial charge in [0.05, 0.1) is 23.7 Å². The van der Waals surface area contributed by atoms with Crippen LogP contribution in [0.2, 0.25) is 0 Å². The van der Waals surface area contributed by atoms with E-state index in [-0.39, 0.29) is 5.41 Å². The van der Waals surface area contributed by atoms with E-state index >= 15 is 0 Å². The maximum absolute atomic E-state index is 6.39. The Balaban J connectivity index is 1.11. The van der Waals surface area contributed by atoms with Gasteiger partial charge in [0.2, 0.25) is 0 Å². The summed E-state index contributed by atoms with van der Waals surface area (Å²) >= 11 is 0. The predicted octanol–water partition coefficient (Wildman–Crippen LogP) is 7.43. The molecule has 0 bridgehead atoms. The van der Waals surface area contributed by atoms with Gasteiger partial charge in [-0.15, -0.1) is 0 Å². The third-order valence-electron chi connectivity index (χ3n) is 10.5. The van der Waals surface area contributed by atoms with E-state index in [1.165, 1.54) is 55.3 Å². The molecule has 36 heavy (non-hydrogen) atoms. The molecule has 1 aromatic carbocycles. The summed E-state index contributed by atoms with van der Waals surface area (Å²) < 4.78 is 8.78. The molecule has 2 aromatic heterocycles. The molecule has 0 radical (unpaired) electrons. The number of hydrogen-bond donors (Lipinski definition) is 0. The van der Waals surface area contributed by atoms with E-state index in [0.29, 0.717) is 18.1 Å². The first-order valence-electron chi connectivity index (χ1n) is 13.9. The normalized spacial score (nSPS) is 35.5. The molecule has 4 heteroatoms. The summed E-state index contributed by atoms with van der Waals surface area (Å²) in [5.41, 5.74) is 7.31. The molecule has 4 unspecified atom stereocenters. The molecule has 6 atom stereocenters. The van der Waals surface area contributed by atoms with Gasteiger partial charge < -0.3 is 9.30 Å². The monoisotopic (exact) mass is 479 g/mol. The van der Waals surface area contributed by atoms with Gasteiger partial charge in [-0.3, -0.25) is 4.98 Å². The van der Waals surface area contributed by atoms with Gasteiger partial charge in [0.15, 0.2) is 0 Å². The summed E-state index contributed by atoms with van der Waals surface area (Å²) in [7, 11) is 0. The molecule has 0 spiro atoms. The Hall–Kier alpha value is -2.72. The van der Waals surface area contributed by atoms with Gasteiger partial charge in [0.25, 0.3) is 0 Å². The quantitative estimate of drug-likeness (QED) is 0.365. The molecule has 2 saturated carbocycles. The second-order valence-corrected chi connectivity index (χ2v) is 12.2. The van der Waals surface area contributed by atoms with Crippen molar-refractivity contribution in [1.82, 2.24) is 14.5 Å². The maximum Gasteiger partial charge on any atom is 0.100 e. The Labute approximate surface area is 214 Å². The second kappa shape index (κ2) is 8.41. The van der Waals surface area contributed by atoms with Crippen LogP contribution in [0.25, 0.3) is 16.7 Å². The molecular weight excluding hydrogens is 442 g/mol. The third-order valence-corrected chi connectivity index (χ3v) is 10.5. The second-order valence-electron chi connectivity index (χ2n) is 12.2. The molecule has 0 aliphatic heterocycles. The Bertz CT molecular complexity index is 1340. The Morgan fingerprint density at radius 3 is 2.67 bits per heavy atom. The zero-order chi connectivity index (χ0) is 24.3. The number of hydrogen-bond acceptors (Lipinski definition) is 3. The largest absolute Gasteiger partial charge is 0.373 e. The van der Waals surface area contributed by atoms with E-state index in [9.17, 15) is 0 Å². The van der Waals surface area contributed by atoms with Crippen molar-refractivity contribution in [2.75, 3.05) is 0 Å². The number of aromatic nitrogens is 3. The van der Waals surface area contributed by atoms with E-state index in [0.717, 1.165) is 29.7 Å². The number of benzene rings is 1. The van der Waals surface area contributed by atoms with Gasteiger partial charge in [0, 0.05) is 23.5 Å². The molecular formula is C32H37N3O. The standard InChI is InChI=1S/C32H37N3O/c1-31-15-11-24(36-20-22-13-17-33-18-14-22)19-23(31)7-8-25-26-9-10-30(32(26,2)16-12-27(25)31)35-21-34-28-5-3-4-6-29(28)35/h3-7,10,13-14,17-18,21,24-27H,8-9,11-12,15-16,19-20H2,1-2H3/t24-,25?,26?,27?,31?,32-/m0/s1. The highest BCUT2D eigenvalue weighted by atomic mass is 16.5. The van der Waals surface area contributed by atoms with Crippen LogP contribution in [0.4, 0.5) is 0 Å². The Morgan fingerprint density at radius 2 is 1.78 bits per heavy atom. The number of imidazole rings is 1. The van der Waals surface area contributed by atoms with Gasteiger partial charge in [-0.2, -0.15) is 0 Å². The molecule has 186 valence electrons. The molecule has 0 saturated heterocycles. The zero-order valence-corrected chi connectivity index (χ0v) is 21.6. The average Bonchev–Trinajstić information content (AvgIpc) is 3.48. The number of fused-ring (bicyclic) bond motifs is 6. The third kappa shape index (κ3) is 3.37. The fraction of sp³-hybridized carbons (Fsp3) is 0.500. The van der Waals surface area contributed by atoms with Gasteiger partial charge in [-0.25, -0.2) is 4.98 Å². The van der Waals surface area contributed by atoms with E-state index in [4.69, 9.17) is 9.72 Å². The SMILES string of the molecule is CC12CC[C@H](OCc3ccncc3)CC1=CCC1C2CC[C@]2(C)C(n3cnc4ccccc43)=CCC12. The van der Waals surface area contributed by atoms with Crippen LogP contribution in [0.3, 0.4) is 0 Å². The maximum atomic E-state index is 6.39. The van der Waals surface area contributed by atoms with Gasteiger partial charge in [0.1, 0.15) is 6.33 Å². The van der Waals surface area contributed by atoms with E-state index in [1.54, 1.807) is 5.57 Å². The first-order valence-corrected chi connectivity index (χ1v) is 13.9. The van der Waals surface area contributed by atoms with Crippen LogP contribution in [-0.4, -0.2) is 20.6 Å². The van der Waals surface area contributed by atoms with Gasteiger partial charge >= 0.3 is 0 Å². The van der Waals surface area contributed by atoms with Crippen molar-refractivity contribution in [2.45, 2.75) is 71.5 Å². The minimum absolute atomic E-state index is 0.233. The van der Waals surface area contributed by atoms with Crippen LogP contribution in [-0.2, 0) is 11.3 Å². The molecule has 4 nitrogen and oxygen atoms in total. The number of ether oxygens (including phenoxy) is 1. The molecule has 4 aliphatic rings. The first-order chi connectivity index (χ1) is 17.6. The highest BCUT2D eigenvalue weighted by Gasteiger charge is 2.57. The number of para-hydroxylation sites is 2. The van der Waals surface area contributed by atoms with Crippen molar-refractivity contribution in [3.63, 3.8) is 0 Å². The van der Waals surface area contributed by atoms with Crippen LogP contribution in [0.1, 0.15) is 64.4 Å². The minimum Gasteiger partial charge on any atom is -0.373 e. The van der Waals surface area contributed by atoms with E-state index < -0.39 is 0 Å². The summed E-state index contributed by atoms with van der Waals surface area (Å²) in [5.74, 6) is 2.29. The fourth-order valence-corrected chi connectivity index (χ4v) is 8.53. The molecule has 7 rings (SSSR count). The van der Waals surface area contributed by atoms with Crippen molar-refractivity contribution in [3.8, 4) is 0 Å². The van der Waals surface area contributed by atoms with Crippen LogP contribution < -0.4 is 0 Å². The lowest BCUT2D eigenvalue weighted by molar-refractivity contribution is -0.0428. The van der Waals surface area contributed by atoms with Crippen molar-refractivity contribution in [1.29, 1.82) is 0 Å². The summed E-state index contributed by atoms with van der Waals surface area (Å²) in [6.07, 6.45) is 19.9. The Kier molecular flexibility index (Phi) is 5.25. The number of rotatable bonds is 4. The predicted molar refractivity (Wildman–Crippen MR) is 144 cm³/mol. The van der Waals surface area contributed by atoms with Crippen LogP contribution in [0, 0.1) is 28.6 Å². The van der Waals surface area contributed by atoms with Crippen LogP contribution in [0.5, 0.6) is 0 Å². The lowest BCUT2D eigenvalue weighted by atomic mass is 9.47. The molecule has 2 fully saturated rings. The summed E-state index contributed by atoms with van der Waals surface area (Å²) in [4.78, 5) is 8.85. The zero-order valence-electron chi connectivity index (χ0n) is 21.6. The van der Waals surface area contributed by atoms with Crippen molar-refractivity contribution >= 4 is 16.7 Å². The minimum atomic E-state index is 0.233. The highest BCUT2D eigenvalue weighted by Crippen LogP contribution is 2.65. The molecule has 2 heterocycles. The molecule has 0 N–H and O–H groups in total. The fourth-order valence-electron chi connectivity index (χ4n) is 8.53. The first kappa shape index (κ1) is 22.5. The molecule has 0 amide bonds. The van der Waals surface area contributed by atoms with Gasteiger partial charge in [-0.05, 0) is 97.9 Å². The van der Waals surface area contributed by atoms with Crippen molar-refractivity contribution in [3.05, 3.63) is 78.4 Å². The topological polar surface area (TPSA) is 39.9 Å². The van der Waals surface area contributed by atoms with Crippen molar-refractivity contribution in [2.24, 2.45) is 28.6 Å². The molecule has 3 aromatic rings. The highest BCUT2D eigenvalue weighted by molar-refractivity contribution is 5.80. The van der Waals surface area contributed by atoms with E-state index in [2.05, 4.69) is 78.3 Å².